The van der Waals surface area contributed by atoms with Gasteiger partial charge in [-0.25, -0.2) is 9.97 Å². The second kappa shape index (κ2) is 8.20. The van der Waals surface area contributed by atoms with Gasteiger partial charge in [0, 0.05) is 60.7 Å². The third-order valence-electron chi connectivity index (χ3n) is 5.50. The molecule has 2 aromatic heterocycles. The lowest BCUT2D eigenvalue weighted by Crippen LogP contribution is -2.31. The summed E-state index contributed by atoms with van der Waals surface area (Å²) in [5.74, 6) is 2.32. The van der Waals surface area contributed by atoms with E-state index in [0.717, 1.165) is 77.2 Å². The first kappa shape index (κ1) is 19.3. The van der Waals surface area contributed by atoms with Gasteiger partial charge in [0.2, 0.25) is 0 Å². The monoisotopic (exact) mass is 413 g/mol. The number of nitrogens with zero attached hydrogens (tertiary/aromatic N) is 4. The zero-order valence-electron chi connectivity index (χ0n) is 17.3. The third kappa shape index (κ3) is 4.13. The van der Waals surface area contributed by atoms with E-state index in [4.69, 9.17) is 20.0 Å². The van der Waals surface area contributed by atoms with Crippen molar-refractivity contribution in [3.05, 3.63) is 77.7 Å². The molecule has 0 saturated heterocycles. The van der Waals surface area contributed by atoms with E-state index in [1.165, 1.54) is 0 Å². The Morgan fingerprint density at radius 1 is 1.06 bits per heavy atom. The summed E-state index contributed by atoms with van der Waals surface area (Å²) in [5.41, 5.74) is 11.6. The molecule has 7 heteroatoms. The Balaban J connectivity index is 1.27. The predicted octanol–water partition coefficient (Wildman–Crippen LogP) is 3.95. The summed E-state index contributed by atoms with van der Waals surface area (Å²) < 4.78 is 10.8. The number of benzene rings is 2. The van der Waals surface area contributed by atoms with Crippen LogP contribution in [-0.2, 0) is 19.5 Å². The minimum atomic E-state index is 0.721. The number of nitrogen functional groups attached to an aromatic ring is 1. The van der Waals surface area contributed by atoms with Crippen molar-refractivity contribution in [3.8, 4) is 28.5 Å². The second-order valence-corrected chi connectivity index (χ2v) is 7.66. The van der Waals surface area contributed by atoms with E-state index in [0.29, 0.717) is 0 Å². The number of aromatic nitrogens is 3. The summed E-state index contributed by atoms with van der Waals surface area (Å²) in [7, 11) is 1.65. The number of methoxy groups -OCH3 is 1. The van der Waals surface area contributed by atoms with Crippen LogP contribution in [0.25, 0.3) is 22.7 Å². The number of anilines is 1. The Labute approximate surface area is 180 Å². The van der Waals surface area contributed by atoms with Gasteiger partial charge in [0.05, 0.1) is 18.5 Å². The summed E-state index contributed by atoms with van der Waals surface area (Å²) in [6.07, 6.45) is 2.81. The highest BCUT2D eigenvalue weighted by atomic mass is 16.5. The fraction of sp³-hybridized carbons (Fsp3) is 0.208. The molecule has 1 aliphatic heterocycles. The van der Waals surface area contributed by atoms with Crippen molar-refractivity contribution in [1.29, 1.82) is 0 Å². The largest absolute Gasteiger partial charge is 0.497 e. The average Bonchev–Trinajstić information content (AvgIpc) is 3.28. The molecule has 3 heterocycles. The molecule has 0 radical (unpaired) electrons. The Morgan fingerprint density at radius 2 is 1.84 bits per heavy atom. The van der Waals surface area contributed by atoms with E-state index in [2.05, 4.69) is 15.0 Å². The molecule has 0 fully saturated rings. The SMILES string of the molecule is COc1ccc(-c2cc(CN3CCc4nc(-c5ccc(N)cc5)ncc4C3)no2)cc1. The Morgan fingerprint density at radius 3 is 2.61 bits per heavy atom. The van der Waals surface area contributed by atoms with Crippen LogP contribution >= 0.6 is 0 Å². The van der Waals surface area contributed by atoms with Crippen molar-refractivity contribution in [2.45, 2.75) is 19.5 Å². The highest BCUT2D eigenvalue weighted by Gasteiger charge is 2.20. The van der Waals surface area contributed by atoms with Gasteiger partial charge < -0.3 is 15.0 Å². The zero-order chi connectivity index (χ0) is 21.2. The van der Waals surface area contributed by atoms with Crippen LogP contribution in [0.2, 0.25) is 0 Å². The van der Waals surface area contributed by atoms with Gasteiger partial charge in [-0.05, 0) is 48.5 Å². The van der Waals surface area contributed by atoms with E-state index >= 15 is 0 Å². The first-order valence-corrected chi connectivity index (χ1v) is 10.2. The lowest BCUT2D eigenvalue weighted by molar-refractivity contribution is 0.235. The van der Waals surface area contributed by atoms with Crippen molar-refractivity contribution in [3.63, 3.8) is 0 Å². The summed E-state index contributed by atoms with van der Waals surface area (Å²) in [6.45, 7) is 2.43. The quantitative estimate of drug-likeness (QED) is 0.496. The number of rotatable bonds is 5. The summed E-state index contributed by atoms with van der Waals surface area (Å²) in [6, 6.07) is 17.4. The minimum Gasteiger partial charge on any atom is -0.497 e. The normalized spacial score (nSPS) is 13.7. The van der Waals surface area contributed by atoms with E-state index in [1.807, 2.05) is 60.8 Å². The predicted molar refractivity (Wildman–Crippen MR) is 118 cm³/mol. The number of hydrogen-bond acceptors (Lipinski definition) is 7. The van der Waals surface area contributed by atoms with Crippen molar-refractivity contribution >= 4 is 5.69 Å². The highest BCUT2D eigenvalue weighted by Crippen LogP contribution is 2.25. The van der Waals surface area contributed by atoms with Crippen LogP contribution in [0.4, 0.5) is 5.69 Å². The minimum absolute atomic E-state index is 0.721. The summed E-state index contributed by atoms with van der Waals surface area (Å²) in [4.78, 5) is 11.7. The molecule has 0 atom stereocenters. The molecule has 0 unspecified atom stereocenters. The smallest absolute Gasteiger partial charge is 0.167 e. The first-order valence-electron chi connectivity index (χ1n) is 10.2. The molecule has 0 spiro atoms. The van der Waals surface area contributed by atoms with Gasteiger partial charge in [-0.2, -0.15) is 0 Å². The molecule has 5 rings (SSSR count). The van der Waals surface area contributed by atoms with Crippen molar-refractivity contribution in [1.82, 2.24) is 20.0 Å². The van der Waals surface area contributed by atoms with Crippen LogP contribution in [0.3, 0.4) is 0 Å². The fourth-order valence-electron chi connectivity index (χ4n) is 3.79. The Kier molecular flexibility index (Phi) is 5.09. The summed E-state index contributed by atoms with van der Waals surface area (Å²) in [5, 5.41) is 4.26. The molecule has 31 heavy (non-hydrogen) atoms. The molecular formula is C24H23N5O2. The van der Waals surface area contributed by atoms with Crippen LogP contribution in [0.15, 0.2) is 65.3 Å². The van der Waals surface area contributed by atoms with Gasteiger partial charge in [-0.3, -0.25) is 4.90 Å². The maximum absolute atomic E-state index is 5.78. The number of ether oxygens (including phenoxy) is 1. The molecule has 1 aliphatic rings. The number of hydrogen-bond donors (Lipinski definition) is 1. The molecule has 7 nitrogen and oxygen atoms in total. The molecule has 0 amide bonds. The maximum Gasteiger partial charge on any atom is 0.167 e. The molecule has 0 bridgehead atoms. The molecule has 156 valence electrons. The maximum atomic E-state index is 5.78. The van der Waals surface area contributed by atoms with Crippen molar-refractivity contribution in [2.75, 3.05) is 19.4 Å². The fourth-order valence-corrected chi connectivity index (χ4v) is 3.79. The van der Waals surface area contributed by atoms with Gasteiger partial charge in [0.1, 0.15) is 5.75 Å². The molecular weight excluding hydrogens is 390 g/mol. The molecule has 2 aromatic carbocycles. The van der Waals surface area contributed by atoms with Crippen LogP contribution in [0, 0.1) is 0 Å². The third-order valence-corrected chi connectivity index (χ3v) is 5.50. The Bertz CT molecular complexity index is 1190. The van der Waals surface area contributed by atoms with Gasteiger partial charge in [0.25, 0.3) is 0 Å². The molecule has 0 saturated carbocycles. The number of fused-ring (bicyclic) bond motifs is 1. The first-order chi connectivity index (χ1) is 15.2. The zero-order valence-corrected chi connectivity index (χ0v) is 17.3. The lowest BCUT2D eigenvalue weighted by atomic mass is 10.1. The Hall–Kier alpha value is -3.71. The molecule has 0 aliphatic carbocycles. The van der Waals surface area contributed by atoms with Crippen molar-refractivity contribution in [2.24, 2.45) is 0 Å². The van der Waals surface area contributed by atoms with Gasteiger partial charge in [-0.1, -0.05) is 5.16 Å². The highest BCUT2D eigenvalue weighted by molar-refractivity contribution is 5.59. The average molecular weight is 413 g/mol. The van der Waals surface area contributed by atoms with E-state index in [-0.39, 0.29) is 0 Å². The van der Waals surface area contributed by atoms with Crippen LogP contribution < -0.4 is 10.5 Å². The van der Waals surface area contributed by atoms with E-state index in [9.17, 15) is 0 Å². The van der Waals surface area contributed by atoms with Gasteiger partial charge in [-0.15, -0.1) is 0 Å². The van der Waals surface area contributed by atoms with Crippen LogP contribution in [-0.4, -0.2) is 33.7 Å². The van der Waals surface area contributed by atoms with Crippen LogP contribution in [0.1, 0.15) is 17.0 Å². The lowest BCUT2D eigenvalue weighted by Gasteiger charge is -2.27. The van der Waals surface area contributed by atoms with E-state index in [1.54, 1.807) is 7.11 Å². The van der Waals surface area contributed by atoms with Crippen molar-refractivity contribution < 1.29 is 9.26 Å². The number of nitrogens with two attached hydrogens (primary N) is 1. The second-order valence-electron chi connectivity index (χ2n) is 7.66. The standard InChI is InChI=1S/C24H23N5O2/c1-30-21-8-4-16(5-9-21)23-12-20(28-31-23)15-29-11-10-22-18(14-29)13-26-24(27-22)17-2-6-19(25)7-3-17/h2-9,12-13H,10-11,14-15,25H2,1H3. The van der Waals surface area contributed by atoms with Gasteiger partial charge in [0.15, 0.2) is 11.6 Å². The molecule has 4 aromatic rings. The van der Waals surface area contributed by atoms with Crippen LogP contribution in [0.5, 0.6) is 5.75 Å². The topological polar surface area (TPSA) is 90.3 Å². The molecule has 2 N–H and O–H groups in total. The van der Waals surface area contributed by atoms with E-state index < -0.39 is 0 Å². The summed E-state index contributed by atoms with van der Waals surface area (Å²) >= 11 is 0. The van der Waals surface area contributed by atoms with Gasteiger partial charge >= 0.3 is 0 Å².